The molecule has 1 N–H and O–H groups in total. The van der Waals surface area contributed by atoms with Gasteiger partial charge in [-0.3, -0.25) is 9.78 Å². The Bertz CT molecular complexity index is 1050. The van der Waals surface area contributed by atoms with E-state index in [-0.39, 0.29) is 18.2 Å². The molecule has 3 rings (SSSR count). The van der Waals surface area contributed by atoms with E-state index in [4.69, 9.17) is 14.2 Å². The number of hydrogen-bond donors (Lipinski definition) is 1. The molecule has 1 aromatic heterocycles. The van der Waals surface area contributed by atoms with Crippen LogP contribution in [0.5, 0.6) is 23.0 Å². The monoisotopic (exact) mass is 422 g/mol. The lowest BCUT2D eigenvalue weighted by molar-refractivity contribution is -0.116. The zero-order valence-electron chi connectivity index (χ0n) is 17.3. The van der Waals surface area contributed by atoms with E-state index in [9.17, 15) is 9.18 Å². The largest absolute Gasteiger partial charge is 0.493 e. The highest BCUT2D eigenvalue weighted by molar-refractivity contribution is 5.91. The third-order valence-corrected chi connectivity index (χ3v) is 4.24. The smallest absolute Gasteiger partial charge is 0.244 e. The Hall–Kier alpha value is -3.87. The van der Waals surface area contributed by atoms with E-state index in [1.807, 2.05) is 13.0 Å². The van der Waals surface area contributed by atoms with Crippen LogP contribution in [0.2, 0.25) is 0 Å². The van der Waals surface area contributed by atoms with Crippen LogP contribution in [0.3, 0.4) is 0 Å². The van der Waals surface area contributed by atoms with E-state index in [0.29, 0.717) is 29.4 Å². The first-order chi connectivity index (χ1) is 15.1. The molecule has 0 unspecified atom stereocenters. The van der Waals surface area contributed by atoms with Crippen molar-refractivity contribution < 1.29 is 23.4 Å². The summed E-state index contributed by atoms with van der Waals surface area (Å²) in [5.74, 6) is 0.945. The average Bonchev–Trinajstić information content (AvgIpc) is 2.79. The predicted molar refractivity (Wildman–Crippen MR) is 116 cm³/mol. The molecule has 0 radical (unpaired) electrons. The third-order valence-electron chi connectivity index (χ3n) is 4.24. The molecule has 0 bridgehead atoms. The second kappa shape index (κ2) is 10.8. The van der Waals surface area contributed by atoms with Crippen molar-refractivity contribution in [3.05, 3.63) is 83.9 Å². The van der Waals surface area contributed by atoms with E-state index in [1.165, 1.54) is 24.4 Å². The molecule has 0 aliphatic carbocycles. The second-order valence-electron chi connectivity index (χ2n) is 6.45. The molecular weight excluding hydrogens is 399 g/mol. The summed E-state index contributed by atoms with van der Waals surface area (Å²) >= 11 is 0. The van der Waals surface area contributed by atoms with Gasteiger partial charge in [0.15, 0.2) is 23.1 Å². The molecule has 0 atom stereocenters. The van der Waals surface area contributed by atoms with Gasteiger partial charge in [0.05, 0.1) is 19.9 Å². The van der Waals surface area contributed by atoms with Gasteiger partial charge in [-0.05, 0) is 60.5 Å². The van der Waals surface area contributed by atoms with Gasteiger partial charge >= 0.3 is 0 Å². The molecule has 0 aliphatic heterocycles. The highest BCUT2D eigenvalue weighted by Gasteiger charge is 2.08. The Kier molecular flexibility index (Phi) is 7.59. The standard InChI is InChI=1S/C24H23FN2O4/c1-3-30-22-10-6-17(14-23(22)29-2)8-11-24(28)27-15-18-7-9-21(20(25)13-18)31-19-5-4-12-26-16-19/h4-14,16H,3,15H2,1-2H3,(H,27,28)/b11-8+. The van der Waals surface area contributed by atoms with Crippen molar-refractivity contribution in [3.63, 3.8) is 0 Å². The number of methoxy groups -OCH3 is 1. The minimum Gasteiger partial charge on any atom is -0.493 e. The number of carbonyl (C=O) groups is 1. The lowest BCUT2D eigenvalue weighted by atomic mass is 10.2. The molecule has 3 aromatic rings. The van der Waals surface area contributed by atoms with Crippen LogP contribution in [0.25, 0.3) is 6.08 Å². The number of nitrogens with zero attached hydrogens (tertiary/aromatic N) is 1. The average molecular weight is 422 g/mol. The van der Waals surface area contributed by atoms with Crippen LogP contribution in [0.15, 0.2) is 67.0 Å². The summed E-state index contributed by atoms with van der Waals surface area (Å²) in [7, 11) is 1.56. The van der Waals surface area contributed by atoms with Crippen LogP contribution in [0.1, 0.15) is 18.1 Å². The number of hydrogen-bond acceptors (Lipinski definition) is 5. The maximum Gasteiger partial charge on any atom is 0.244 e. The SMILES string of the molecule is CCOc1ccc(/C=C/C(=O)NCc2ccc(Oc3cccnc3)c(F)c2)cc1OC. The fourth-order valence-electron chi connectivity index (χ4n) is 2.75. The van der Waals surface area contributed by atoms with Gasteiger partial charge in [0, 0.05) is 18.8 Å². The number of nitrogens with one attached hydrogen (secondary N) is 1. The minimum atomic E-state index is -0.521. The topological polar surface area (TPSA) is 69.7 Å². The first-order valence-electron chi connectivity index (χ1n) is 9.72. The van der Waals surface area contributed by atoms with Gasteiger partial charge in [-0.2, -0.15) is 0 Å². The van der Waals surface area contributed by atoms with Crippen molar-refractivity contribution in [1.82, 2.24) is 10.3 Å². The van der Waals surface area contributed by atoms with Gasteiger partial charge in [-0.1, -0.05) is 12.1 Å². The molecule has 0 saturated carbocycles. The van der Waals surface area contributed by atoms with Gasteiger partial charge in [0.25, 0.3) is 0 Å². The highest BCUT2D eigenvalue weighted by atomic mass is 19.1. The molecule has 0 fully saturated rings. The van der Waals surface area contributed by atoms with E-state index in [2.05, 4.69) is 10.3 Å². The molecular formula is C24H23FN2O4. The summed E-state index contributed by atoms with van der Waals surface area (Å²) < 4.78 is 30.5. The van der Waals surface area contributed by atoms with E-state index >= 15 is 0 Å². The summed E-state index contributed by atoms with van der Waals surface area (Å²) in [6, 6.07) is 13.3. The molecule has 1 heterocycles. The number of benzene rings is 2. The number of amides is 1. The summed E-state index contributed by atoms with van der Waals surface area (Å²) in [6.45, 7) is 2.61. The molecule has 0 spiro atoms. The van der Waals surface area contributed by atoms with Gasteiger partial charge in [0.1, 0.15) is 5.75 Å². The molecule has 2 aromatic carbocycles. The van der Waals surface area contributed by atoms with Crippen molar-refractivity contribution in [2.75, 3.05) is 13.7 Å². The molecule has 1 amide bonds. The van der Waals surface area contributed by atoms with Crippen molar-refractivity contribution in [2.45, 2.75) is 13.5 Å². The summed E-state index contributed by atoms with van der Waals surface area (Å²) in [5.41, 5.74) is 1.40. The maximum absolute atomic E-state index is 14.3. The molecule has 31 heavy (non-hydrogen) atoms. The van der Waals surface area contributed by atoms with Crippen LogP contribution in [0.4, 0.5) is 4.39 Å². The van der Waals surface area contributed by atoms with Gasteiger partial charge in [-0.15, -0.1) is 0 Å². The molecule has 6 nitrogen and oxygen atoms in total. The first-order valence-corrected chi connectivity index (χ1v) is 9.72. The summed E-state index contributed by atoms with van der Waals surface area (Å²) in [6.07, 6.45) is 6.18. The number of rotatable bonds is 9. The fraction of sp³-hybridized carbons (Fsp3) is 0.167. The summed E-state index contributed by atoms with van der Waals surface area (Å²) in [4.78, 5) is 16.1. The number of halogens is 1. The number of carbonyl (C=O) groups excluding carboxylic acids is 1. The van der Waals surface area contributed by atoms with Gasteiger partial charge in [-0.25, -0.2) is 4.39 Å². The van der Waals surface area contributed by atoms with Crippen molar-refractivity contribution in [2.24, 2.45) is 0 Å². The van der Waals surface area contributed by atoms with Crippen molar-refractivity contribution in [1.29, 1.82) is 0 Å². The zero-order chi connectivity index (χ0) is 22.1. The number of ether oxygens (including phenoxy) is 3. The van der Waals surface area contributed by atoms with Gasteiger partial charge < -0.3 is 19.5 Å². The third kappa shape index (κ3) is 6.30. The lowest BCUT2D eigenvalue weighted by Crippen LogP contribution is -2.20. The molecule has 0 aliphatic rings. The normalized spacial score (nSPS) is 10.7. The van der Waals surface area contributed by atoms with Crippen LogP contribution in [-0.2, 0) is 11.3 Å². The Labute approximate surface area is 180 Å². The summed E-state index contributed by atoms with van der Waals surface area (Å²) in [5, 5.41) is 2.73. The lowest BCUT2D eigenvalue weighted by Gasteiger charge is -2.09. The Morgan fingerprint density at radius 2 is 1.97 bits per heavy atom. The van der Waals surface area contributed by atoms with Crippen molar-refractivity contribution in [3.8, 4) is 23.0 Å². The molecule has 0 saturated heterocycles. The Morgan fingerprint density at radius 3 is 2.68 bits per heavy atom. The Balaban J connectivity index is 1.56. The van der Waals surface area contributed by atoms with Gasteiger partial charge in [0.2, 0.25) is 5.91 Å². The molecule has 7 heteroatoms. The van der Waals surface area contributed by atoms with E-state index < -0.39 is 5.82 Å². The first kappa shape index (κ1) is 21.8. The van der Waals surface area contributed by atoms with Crippen LogP contribution in [0, 0.1) is 5.82 Å². The molecule has 160 valence electrons. The van der Waals surface area contributed by atoms with Crippen LogP contribution in [-0.4, -0.2) is 24.6 Å². The van der Waals surface area contributed by atoms with E-state index in [1.54, 1.807) is 49.7 Å². The number of pyridine rings is 1. The maximum atomic E-state index is 14.3. The van der Waals surface area contributed by atoms with Crippen LogP contribution >= 0.6 is 0 Å². The zero-order valence-corrected chi connectivity index (χ0v) is 17.3. The van der Waals surface area contributed by atoms with Crippen molar-refractivity contribution >= 4 is 12.0 Å². The quantitative estimate of drug-likeness (QED) is 0.504. The second-order valence-corrected chi connectivity index (χ2v) is 6.45. The number of aromatic nitrogens is 1. The minimum absolute atomic E-state index is 0.0902. The van der Waals surface area contributed by atoms with E-state index in [0.717, 1.165) is 5.56 Å². The Morgan fingerprint density at radius 1 is 1.13 bits per heavy atom. The fourth-order valence-corrected chi connectivity index (χ4v) is 2.75. The predicted octanol–water partition coefficient (Wildman–Crippen LogP) is 4.75. The highest BCUT2D eigenvalue weighted by Crippen LogP contribution is 2.28. The van der Waals surface area contributed by atoms with Crippen LogP contribution < -0.4 is 19.5 Å².